The first-order valence-electron chi connectivity index (χ1n) is 4.17. The summed E-state index contributed by atoms with van der Waals surface area (Å²) in [6.45, 7) is 8.62. The van der Waals surface area contributed by atoms with E-state index in [0.717, 1.165) is 5.70 Å². The van der Waals surface area contributed by atoms with Crippen LogP contribution in [0.5, 0.6) is 0 Å². The highest BCUT2D eigenvalue weighted by Gasteiger charge is 2.05. The largest absolute Gasteiger partial charge is 0.381 e. The molecular formula is C9H18N2O. The van der Waals surface area contributed by atoms with Crippen LogP contribution in [0.1, 0.15) is 13.8 Å². The summed E-state index contributed by atoms with van der Waals surface area (Å²) in [4.78, 5) is 11.1. The molecule has 0 aliphatic carbocycles. The second-order valence-corrected chi connectivity index (χ2v) is 3.11. The quantitative estimate of drug-likeness (QED) is 0.611. The van der Waals surface area contributed by atoms with Gasteiger partial charge in [0.1, 0.15) is 0 Å². The fourth-order valence-electron chi connectivity index (χ4n) is 0.692. The molecule has 0 aliphatic heterocycles. The van der Waals surface area contributed by atoms with E-state index in [4.69, 9.17) is 0 Å². The van der Waals surface area contributed by atoms with Gasteiger partial charge in [-0.3, -0.25) is 4.79 Å². The molecule has 0 rings (SSSR count). The van der Waals surface area contributed by atoms with E-state index in [-0.39, 0.29) is 11.7 Å². The molecule has 0 atom stereocenters. The molecule has 0 saturated heterocycles. The lowest BCUT2D eigenvalue weighted by atomic mass is 10.1. The molecule has 0 aromatic heterocycles. The maximum absolute atomic E-state index is 11.1. The zero-order valence-electron chi connectivity index (χ0n) is 8.11. The van der Waals surface area contributed by atoms with Crippen LogP contribution in [0.15, 0.2) is 12.3 Å². The Morgan fingerprint density at radius 3 is 2.42 bits per heavy atom. The minimum atomic E-state index is 0.0971. The normalized spacial score (nSPS) is 10.0. The van der Waals surface area contributed by atoms with Crippen LogP contribution >= 0.6 is 0 Å². The van der Waals surface area contributed by atoms with Crippen molar-refractivity contribution in [3.8, 4) is 0 Å². The van der Waals surface area contributed by atoms with Crippen molar-refractivity contribution in [2.24, 2.45) is 5.92 Å². The topological polar surface area (TPSA) is 41.1 Å². The SMILES string of the molecule is C=C(CNC)NCC(=O)C(C)C. The van der Waals surface area contributed by atoms with Crippen molar-refractivity contribution >= 4 is 5.78 Å². The number of hydrogen-bond acceptors (Lipinski definition) is 3. The van der Waals surface area contributed by atoms with Crippen LogP contribution in [0.3, 0.4) is 0 Å². The van der Waals surface area contributed by atoms with E-state index in [9.17, 15) is 4.79 Å². The molecule has 0 saturated carbocycles. The van der Waals surface area contributed by atoms with E-state index in [1.807, 2.05) is 20.9 Å². The smallest absolute Gasteiger partial charge is 0.154 e. The number of carbonyl (C=O) groups excluding carboxylic acids is 1. The fraction of sp³-hybridized carbons (Fsp3) is 0.667. The zero-order chi connectivity index (χ0) is 9.56. The number of carbonyl (C=O) groups is 1. The monoisotopic (exact) mass is 170 g/mol. The average molecular weight is 170 g/mol. The van der Waals surface area contributed by atoms with Gasteiger partial charge in [0, 0.05) is 18.2 Å². The van der Waals surface area contributed by atoms with Gasteiger partial charge in [-0.15, -0.1) is 0 Å². The maximum atomic E-state index is 11.1. The number of likely N-dealkylation sites (N-methyl/N-ethyl adjacent to an activating group) is 1. The van der Waals surface area contributed by atoms with Crippen molar-refractivity contribution in [2.45, 2.75) is 13.8 Å². The van der Waals surface area contributed by atoms with E-state index < -0.39 is 0 Å². The van der Waals surface area contributed by atoms with Crippen LogP contribution < -0.4 is 10.6 Å². The molecule has 0 aromatic rings. The van der Waals surface area contributed by atoms with E-state index in [0.29, 0.717) is 13.1 Å². The van der Waals surface area contributed by atoms with Crippen molar-refractivity contribution in [3.05, 3.63) is 12.3 Å². The second-order valence-electron chi connectivity index (χ2n) is 3.11. The third kappa shape index (κ3) is 4.91. The van der Waals surface area contributed by atoms with Gasteiger partial charge in [-0.25, -0.2) is 0 Å². The van der Waals surface area contributed by atoms with E-state index in [2.05, 4.69) is 17.2 Å². The molecule has 0 heterocycles. The first kappa shape index (κ1) is 11.2. The molecule has 0 aliphatic rings. The summed E-state index contributed by atoms with van der Waals surface area (Å²) in [5.41, 5.74) is 0.853. The summed E-state index contributed by atoms with van der Waals surface area (Å²) in [6.07, 6.45) is 0. The van der Waals surface area contributed by atoms with Gasteiger partial charge in [-0.2, -0.15) is 0 Å². The lowest BCUT2D eigenvalue weighted by Crippen LogP contribution is -2.29. The zero-order valence-corrected chi connectivity index (χ0v) is 8.11. The molecule has 0 bridgehead atoms. The summed E-state index contributed by atoms with van der Waals surface area (Å²) in [5.74, 6) is 0.312. The van der Waals surface area contributed by atoms with Crippen LogP contribution in [0.4, 0.5) is 0 Å². The summed E-state index contributed by atoms with van der Waals surface area (Å²) in [7, 11) is 1.84. The first-order chi connectivity index (χ1) is 5.57. The Morgan fingerprint density at radius 1 is 1.42 bits per heavy atom. The third-order valence-corrected chi connectivity index (χ3v) is 1.55. The standard InChI is InChI=1S/C9H18N2O/c1-7(2)9(12)6-11-8(3)5-10-4/h7,10-11H,3,5-6H2,1-2,4H3. The van der Waals surface area contributed by atoms with Crippen molar-refractivity contribution in [1.82, 2.24) is 10.6 Å². The number of rotatable bonds is 6. The van der Waals surface area contributed by atoms with Gasteiger partial charge in [0.15, 0.2) is 5.78 Å². The predicted molar refractivity (Wildman–Crippen MR) is 50.9 cm³/mol. The Kier molecular flexibility index (Phi) is 5.37. The van der Waals surface area contributed by atoms with Gasteiger partial charge in [0.2, 0.25) is 0 Å². The Balaban J connectivity index is 3.54. The molecule has 0 aromatic carbocycles. The number of hydrogen-bond donors (Lipinski definition) is 2. The molecule has 70 valence electrons. The van der Waals surface area contributed by atoms with Crippen LogP contribution in [0, 0.1) is 5.92 Å². The van der Waals surface area contributed by atoms with Crippen LogP contribution in [0.2, 0.25) is 0 Å². The number of Topliss-reactive ketones (excluding diaryl/α,β-unsaturated/α-hetero) is 1. The highest BCUT2D eigenvalue weighted by Crippen LogP contribution is 1.92. The minimum absolute atomic E-state index is 0.0971. The Hall–Kier alpha value is -0.830. The third-order valence-electron chi connectivity index (χ3n) is 1.55. The van der Waals surface area contributed by atoms with Gasteiger partial charge < -0.3 is 10.6 Å². The number of nitrogens with one attached hydrogen (secondary N) is 2. The molecule has 0 fully saturated rings. The van der Waals surface area contributed by atoms with Crippen LogP contribution in [-0.4, -0.2) is 25.9 Å². The summed E-state index contributed by atoms with van der Waals surface area (Å²) >= 11 is 0. The maximum Gasteiger partial charge on any atom is 0.154 e. The number of ketones is 1. The lowest BCUT2D eigenvalue weighted by molar-refractivity contribution is -0.120. The van der Waals surface area contributed by atoms with Gasteiger partial charge >= 0.3 is 0 Å². The van der Waals surface area contributed by atoms with Crippen molar-refractivity contribution in [3.63, 3.8) is 0 Å². The molecule has 0 radical (unpaired) electrons. The van der Waals surface area contributed by atoms with Gasteiger partial charge in [0.05, 0.1) is 6.54 Å². The first-order valence-corrected chi connectivity index (χ1v) is 4.17. The summed E-state index contributed by atoms with van der Waals surface area (Å²) < 4.78 is 0. The molecule has 0 spiro atoms. The second kappa shape index (κ2) is 5.77. The van der Waals surface area contributed by atoms with E-state index in [1.165, 1.54) is 0 Å². The average Bonchev–Trinajstić information content (AvgIpc) is 2.00. The highest BCUT2D eigenvalue weighted by molar-refractivity contribution is 5.82. The van der Waals surface area contributed by atoms with Gasteiger partial charge in [-0.1, -0.05) is 20.4 Å². The lowest BCUT2D eigenvalue weighted by Gasteiger charge is -2.09. The fourth-order valence-corrected chi connectivity index (χ4v) is 0.692. The van der Waals surface area contributed by atoms with Crippen LogP contribution in [-0.2, 0) is 4.79 Å². The van der Waals surface area contributed by atoms with Crippen LogP contribution in [0.25, 0.3) is 0 Å². The molecular weight excluding hydrogens is 152 g/mol. The van der Waals surface area contributed by atoms with E-state index >= 15 is 0 Å². The van der Waals surface area contributed by atoms with Gasteiger partial charge in [-0.05, 0) is 7.05 Å². The molecule has 0 amide bonds. The van der Waals surface area contributed by atoms with Gasteiger partial charge in [0.25, 0.3) is 0 Å². The van der Waals surface area contributed by atoms with E-state index in [1.54, 1.807) is 0 Å². The molecule has 0 unspecified atom stereocenters. The predicted octanol–water partition coefficient (Wildman–Crippen LogP) is 0.534. The molecule has 2 N–H and O–H groups in total. The Morgan fingerprint density at radius 2 is 2.00 bits per heavy atom. The Bertz CT molecular complexity index is 164. The molecule has 3 nitrogen and oxygen atoms in total. The van der Waals surface area contributed by atoms with Crippen molar-refractivity contribution in [2.75, 3.05) is 20.1 Å². The van der Waals surface area contributed by atoms with Crippen molar-refractivity contribution < 1.29 is 4.79 Å². The summed E-state index contributed by atoms with van der Waals surface area (Å²) in [6, 6.07) is 0. The Labute approximate surface area is 74.2 Å². The van der Waals surface area contributed by atoms with Crippen molar-refractivity contribution in [1.29, 1.82) is 0 Å². The molecule has 3 heteroatoms. The summed E-state index contributed by atoms with van der Waals surface area (Å²) in [5, 5.41) is 5.91. The molecule has 12 heavy (non-hydrogen) atoms. The highest BCUT2D eigenvalue weighted by atomic mass is 16.1. The minimum Gasteiger partial charge on any atom is -0.381 e.